The second-order valence-corrected chi connectivity index (χ2v) is 5.75. The van der Waals surface area contributed by atoms with Gasteiger partial charge in [0.25, 0.3) is 0 Å². The molecule has 1 unspecified atom stereocenters. The van der Waals surface area contributed by atoms with Crippen LogP contribution in [0, 0.1) is 0 Å². The van der Waals surface area contributed by atoms with Gasteiger partial charge in [-0.3, -0.25) is 22.4 Å². The first kappa shape index (κ1) is 51.3. The number of hydrogen-bond donors (Lipinski definition) is 1. The fraction of sp³-hybridized carbons (Fsp3) is 0.545. The summed E-state index contributed by atoms with van der Waals surface area (Å²) in [6.07, 6.45) is -1.50. The zero-order chi connectivity index (χ0) is 24.5. The maximum Gasteiger partial charge on any atom is 2.00 e. The minimum atomic E-state index is -5.17. The predicted molar refractivity (Wildman–Crippen MR) is 80.7 cm³/mol. The van der Waals surface area contributed by atoms with Crippen LogP contribution in [0.15, 0.2) is 0 Å². The van der Waals surface area contributed by atoms with Crippen LogP contribution in [0.25, 0.3) is 0 Å². The van der Waals surface area contributed by atoms with E-state index in [4.69, 9.17) is 26.9 Å². The topological polar surface area (TPSA) is 294 Å². The summed E-state index contributed by atoms with van der Waals surface area (Å²) in [5.74, 6) is -6.66. The summed E-state index contributed by atoms with van der Waals surface area (Å²) in [7, 11) is -5.17. The van der Waals surface area contributed by atoms with Gasteiger partial charge in [-0.25, -0.2) is 0 Å². The van der Waals surface area contributed by atoms with Crippen molar-refractivity contribution in [1.82, 2.24) is 9.80 Å². The number of rotatable bonds is 13. The second-order valence-electron chi connectivity index (χ2n) is 4.60. The molecule has 0 heterocycles. The fourth-order valence-corrected chi connectivity index (χ4v) is 1.90. The molecule has 1 N–H and O–H groups in total. The standard InChI is InChI=1S/C10H16N2O10S.CH2O.2Fe.2Na.H2O4S/c13-7(14)2-11(3-8(15)16)1-6(22-23-21)12(4-9(17)18)5-10(19)20;1-2;;;;;1-5(2,3)4/h6,21H,1-5H2,(H,13,14)(H,15,16)(H,17,18)(H,19,20);1H2;;;;;(H2,1,2,3,4)/q;;2*+2;2*+1;/p-6. The molecule has 23 heteroatoms. The van der Waals surface area contributed by atoms with Gasteiger partial charge in [-0.15, -0.1) is 0 Å². The summed E-state index contributed by atoms with van der Waals surface area (Å²) in [5, 5.41) is 42.4. The van der Waals surface area contributed by atoms with Crippen LogP contribution < -0.4 is 79.5 Å². The molecule has 17 nitrogen and oxygen atoms in total. The van der Waals surface area contributed by atoms with Crippen LogP contribution in [0.1, 0.15) is 0 Å². The monoisotopic (exact) mass is 636 g/mol. The van der Waals surface area contributed by atoms with Gasteiger partial charge in [0, 0.05) is 43.1 Å². The van der Waals surface area contributed by atoms with E-state index < -0.39 is 73.2 Å². The zero-order valence-electron chi connectivity index (χ0n) is 17.4. The molecule has 0 aromatic heterocycles. The minimum absolute atomic E-state index is 0. The molecule has 0 saturated carbocycles. The van der Waals surface area contributed by atoms with Crippen molar-refractivity contribution in [3.8, 4) is 0 Å². The molecular formula is C11H14Fe2N2Na2O15S2. The molecule has 0 aromatic carbocycles. The Morgan fingerprint density at radius 1 is 0.824 bits per heavy atom. The van der Waals surface area contributed by atoms with Gasteiger partial charge in [0.2, 0.25) is 0 Å². The fourth-order valence-electron chi connectivity index (χ4n) is 1.62. The molecule has 0 amide bonds. The van der Waals surface area contributed by atoms with Crippen LogP contribution >= 0.6 is 12.3 Å². The van der Waals surface area contributed by atoms with Crippen molar-refractivity contribution in [2.75, 3.05) is 32.7 Å². The molecule has 0 saturated heterocycles. The summed E-state index contributed by atoms with van der Waals surface area (Å²) in [6.45, 7) is -2.26. The SMILES string of the molecule is C=O.O=C([O-])CN(CC(=O)[O-])CC(OSO)N(CC(=O)[O-])CC(=O)[O-].O=S(=O)([O-])[O-].[Fe+2].[Fe+2].[Na+].[Na+]. The molecule has 0 bridgehead atoms. The second kappa shape index (κ2) is 29.9. The van der Waals surface area contributed by atoms with Crippen molar-refractivity contribution in [3.05, 3.63) is 0 Å². The molecule has 0 aliphatic rings. The Bertz CT molecular complexity index is 637. The van der Waals surface area contributed by atoms with Crippen LogP contribution in [0.2, 0.25) is 0 Å². The number of carboxylic acids is 4. The average Bonchev–Trinajstić information content (AvgIpc) is 2.52. The van der Waals surface area contributed by atoms with Gasteiger partial charge in [-0.1, -0.05) is 0 Å². The molecule has 0 radical (unpaired) electrons. The summed E-state index contributed by atoms with van der Waals surface area (Å²) < 4.78 is 47.4. The normalized spacial score (nSPS) is 10.1. The third kappa shape index (κ3) is 42.8. The number of carboxylic acid groups (broad SMARTS) is 4. The van der Waals surface area contributed by atoms with E-state index in [0.717, 1.165) is 4.90 Å². The van der Waals surface area contributed by atoms with Crippen molar-refractivity contribution in [2.24, 2.45) is 0 Å². The van der Waals surface area contributed by atoms with E-state index in [9.17, 15) is 39.6 Å². The largest absolute Gasteiger partial charge is 2.00 e. The van der Waals surface area contributed by atoms with Crippen LogP contribution in [-0.2, 0) is 72.7 Å². The van der Waals surface area contributed by atoms with E-state index >= 15 is 0 Å². The van der Waals surface area contributed by atoms with E-state index in [1.54, 1.807) is 0 Å². The van der Waals surface area contributed by atoms with Gasteiger partial charge in [0.15, 0.2) is 12.3 Å². The van der Waals surface area contributed by atoms with Crippen molar-refractivity contribution in [3.63, 3.8) is 0 Å². The minimum Gasteiger partial charge on any atom is -0.759 e. The number of nitrogens with zero attached hydrogens (tertiary/aromatic N) is 2. The predicted octanol–water partition coefficient (Wildman–Crippen LogP) is -14.5. The maximum absolute atomic E-state index is 10.6. The number of aliphatic carboxylic acids is 4. The Hall–Kier alpha value is 0.649. The Kier molecular flexibility index (Phi) is 45.1. The third-order valence-corrected chi connectivity index (χ3v) is 2.65. The molecule has 1 atom stereocenters. The van der Waals surface area contributed by atoms with Crippen LogP contribution in [0.5, 0.6) is 0 Å². The Morgan fingerprint density at radius 2 is 1.09 bits per heavy atom. The van der Waals surface area contributed by atoms with E-state index in [2.05, 4.69) is 4.18 Å². The third-order valence-electron chi connectivity index (χ3n) is 2.35. The molecule has 34 heavy (non-hydrogen) atoms. The Labute approximate surface area is 263 Å². The Balaban J connectivity index is -0.000000117. The van der Waals surface area contributed by atoms with Crippen LogP contribution in [0.4, 0.5) is 0 Å². The molecule has 0 spiro atoms. The molecule has 0 rings (SSSR count). The molecule has 0 fully saturated rings. The van der Waals surface area contributed by atoms with Gasteiger partial charge in [-0.2, -0.15) is 0 Å². The first-order valence-corrected chi connectivity index (χ1v) is 8.87. The van der Waals surface area contributed by atoms with Crippen LogP contribution in [-0.4, -0.2) is 101 Å². The van der Waals surface area contributed by atoms with Gasteiger partial charge in [0.1, 0.15) is 13.0 Å². The van der Waals surface area contributed by atoms with Crippen molar-refractivity contribution < 1.29 is 164 Å². The van der Waals surface area contributed by atoms with Gasteiger partial charge >= 0.3 is 93.3 Å². The molecule has 188 valence electrons. The summed E-state index contributed by atoms with van der Waals surface area (Å²) in [6, 6.07) is 0. The molecule has 0 aliphatic heterocycles. The number of hydrogen-bond acceptors (Lipinski definition) is 18. The van der Waals surface area contributed by atoms with Crippen LogP contribution in [0.3, 0.4) is 0 Å². The van der Waals surface area contributed by atoms with E-state index in [0.29, 0.717) is 4.90 Å². The van der Waals surface area contributed by atoms with E-state index in [1.807, 2.05) is 6.79 Å². The van der Waals surface area contributed by atoms with Gasteiger partial charge in [-0.05, 0) is 0 Å². The summed E-state index contributed by atoms with van der Waals surface area (Å²) in [4.78, 5) is 51.8. The first-order valence-electron chi connectivity index (χ1n) is 6.84. The molecule has 0 aliphatic carbocycles. The summed E-state index contributed by atoms with van der Waals surface area (Å²) in [5.41, 5.74) is 0. The maximum atomic E-state index is 10.6. The van der Waals surface area contributed by atoms with Crippen molar-refractivity contribution in [1.29, 1.82) is 0 Å². The number of carbonyl (C=O) groups is 5. The zero-order valence-corrected chi connectivity index (χ0v) is 25.2. The first-order chi connectivity index (χ1) is 13.6. The van der Waals surface area contributed by atoms with Crippen molar-refractivity contribution >= 4 is 53.4 Å². The Morgan fingerprint density at radius 3 is 1.29 bits per heavy atom. The van der Waals surface area contributed by atoms with Gasteiger partial charge in [0.05, 0.1) is 23.9 Å². The summed E-state index contributed by atoms with van der Waals surface area (Å²) >= 11 is -0.249. The smallest absolute Gasteiger partial charge is 0.759 e. The molecular weight excluding hydrogens is 622 g/mol. The van der Waals surface area contributed by atoms with Gasteiger partial charge < -0.3 is 58.1 Å². The van der Waals surface area contributed by atoms with E-state index in [-0.39, 0.29) is 106 Å². The number of carbonyl (C=O) groups excluding carboxylic acids is 5. The quantitative estimate of drug-likeness (QED) is 0.0645. The van der Waals surface area contributed by atoms with Crippen molar-refractivity contribution in [2.45, 2.75) is 6.23 Å². The molecule has 0 aromatic rings. The van der Waals surface area contributed by atoms with E-state index in [1.165, 1.54) is 0 Å². The average molecular weight is 636 g/mol.